The van der Waals surface area contributed by atoms with Crippen molar-refractivity contribution in [3.05, 3.63) is 64.7 Å². The van der Waals surface area contributed by atoms with Crippen LogP contribution in [0.2, 0.25) is 5.02 Å². The third-order valence-electron chi connectivity index (χ3n) is 3.55. The molecule has 0 aliphatic carbocycles. The van der Waals surface area contributed by atoms with E-state index in [1.54, 1.807) is 48.5 Å². The van der Waals surface area contributed by atoms with Gasteiger partial charge >= 0.3 is 5.97 Å². The Morgan fingerprint density at radius 3 is 2.46 bits per heavy atom. The number of rotatable bonds is 6. The van der Waals surface area contributed by atoms with Gasteiger partial charge in [0.05, 0.1) is 0 Å². The highest BCUT2D eigenvalue weighted by Gasteiger charge is 2.18. The van der Waals surface area contributed by atoms with E-state index in [4.69, 9.17) is 16.3 Å². The summed E-state index contributed by atoms with van der Waals surface area (Å²) in [6.45, 7) is 2.96. The summed E-state index contributed by atoms with van der Waals surface area (Å²) >= 11 is 6.01. The van der Waals surface area contributed by atoms with Crippen molar-refractivity contribution in [1.29, 1.82) is 0 Å². The van der Waals surface area contributed by atoms with Crippen molar-refractivity contribution in [2.24, 2.45) is 0 Å². The number of halogens is 1. The molecular weight excluding hydrogens is 356 g/mol. The van der Waals surface area contributed by atoms with E-state index in [2.05, 4.69) is 10.6 Å². The van der Waals surface area contributed by atoms with Crippen LogP contribution >= 0.6 is 11.6 Å². The van der Waals surface area contributed by atoms with Crippen molar-refractivity contribution in [2.75, 3.05) is 11.9 Å². The quantitative estimate of drug-likeness (QED) is 0.761. The monoisotopic (exact) mass is 374 g/mol. The summed E-state index contributed by atoms with van der Waals surface area (Å²) in [7, 11) is 0. The molecule has 136 valence electrons. The number of nitrogens with one attached hydrogen (secondary N) is 2. The molecule has 2 aromatic carbocycles. The topological polar surface area (TPSA) is 84.5 Å². The van der Waals surface area contributed by atoms with Crippen molar-refractivity contribution >= 4 is 35.1 Å². The fraction of sp³-hybridized carbons (Fsp3) is 0.211. The number of amides is 2. The van der Waals surface area contributed by atoms with Crippen molar-refractivity contribution in [3.63, 3.8) is 0 Å². The third-order valence-corrected chi connectivity index (χ3v) is 3.95. The number of benzene rings is 2. The first-order chi connectivity index (χ1) is 12.4. The van der Waals surface area contributed by atoms with E-state index < -0.39 is 23.9 Å². The van der Waals surface area contributed by atoms with E-state index in [1.165, 1.54) is 6.92 Å². The Kier molecular flexibility index (Phi) is 6.74. The summed E-state index contributed by atoms with van der Waals surface area (Å²) in [5, 5.41) is 5.59. The zero-order valence-corrected chi connectivity index (χ0v) is 15.2. The van der Waals surface area contributed by atoms with E-state index in [9.17, 15) is 14.4 Å². The smallest absolute Gasteiger partial charge is 0.326 e. The summed E-state index contributed by atoms with van der Waals surface area (Å²) in [6.07, 6.45) is -1.02. The SMILES string of the molecule is Cc1ccc(NC(=O)C(C)OC(=O)CNC(=O)c2ccccc2)cc1Cl. The Bertz CT molecular complexity index is 808. The summed E-state index contributed by atoms with van der Waals surface area (Å²) in [5.74, 6) is -1.60. The van der Waals surface area contributed by atoms with Crippen molar-refractivity contribution in [1.82, 2.24) is 5.32 Å². The first kappa shape index (κ1) is 19.5. The fourth-order valence-electron chi connectivity index (χ4n) is 2.05. The van der Waals surface area contributed by atoms with Crippen LogP contribution in [0.4, 0.5) is 5.69 Å². The van der Waals surface area contributed by atoms with Gasteiger partial charge in [-0.25, -0.2) is 0 Å². The minimum absolute atomic E-state index is 0.332. The summed E-state index contributed by atoms with van der Waals surface area (Å²) in [6, 6.07) is 13.6. The number of hydrogen-bond donors (Lipinski definition) is 2. The van der Waals surface area contributed by atoms with Crippen LogP contribution < -0.4 is 10.6 Å². The molecule has 7 heteroatoms. The molecule has 1 unspecified atom stereocenters. The highest BCUT2D eigenvalue weighted by molar-refractivity contribution is 6.31. The molecule has 0 heterocycles. The molecule has 6 nitrogen and oxygen atoms in total. The molecule has 0 saturated carbocycles. The number of carbonyl (C=O) groups is 3. The third kappa shape index (κ3) is 5.60. The van der Waals surface area contributed by atoms with E-state index in [0.29, 0.717) is 16.3 Å². The first-order valence-corrected chi connectivity index (χ1v) is 8.34. The van der Waals surface area contributed by atoms with Crippen molar-refractivity contribution < 1.29 is 19.1 Å². The molecule has 2 rings (SSSR count). The van der Waals surface area contributed by atoms with Gasteiger partial charge in [-0.15, -0.1) is 0 Å². The molecule has 0 aromatic heterocycles. The summed E-state index contributed by atoms with van der Waals surface area (Å²) in [4.78, 5) is 35.8. The van der Waals surface area contributed by atoms with Crippen LogP contribution in [0.15, 0.2) is 48.5 Å². The maximum absolute atomic E-state index is 12.1. The Hall–Kier alpha value is -2.86. The van der Waals surface area contributed by atoms with Gasteiger partial charge < -0.3 is 15.4 Å². The van der Waals surface area contributed by atoms with Gasteiger partial charge in [-0.05, 0) is 43.7 Å². The Morgan fingerprint density at radius 2 is 1.81 bits per heavy atom. The maximum atomic E-state index is 12.1. The van der Waals surface area contributed by atoms with Gasteiger partial charge in [-0.1, -0.05) is 35.9 Å². The van der Waals surface area contributed by atoms with E-state index in [-0.39, 0.29) is 6.54 Å². The van der Waals surface area contributed by atoms with Gasteiger partial charge in [0, 0.05) is 16.3 Å². The van der Waals surface area contributed by atoms with Crippen molar-refractivity contribution in [2.45, 2.75) is 20.0 Å². The zero-order chi connectivity index (χ0) is 19.1. The van der Waals surface area contributed by atoms with Crippen molar-refractivity contribution in [3.8, 4) is 0 Å². The lowest BCUT2D eigenvalue weighted by Crippen LogP contribution is -2.35. The lowest BCUT2D eigenvalue weighted by Gasteiger charge is -2.14. The predicted octanol–water partition coefficient (Wildman–Crippen LogP) is 2.95. The normalized spacial score (nSPS) is 11.3. The highest BCUT2D eigenvalue weighted by atomic mass is 35.5. The molecular formula is C19H19ClN2O4. The molecule has 0 fully saturated rings. The molecule has 2 aromatic rings. The van der Waals surface area contributed by atoms with Crippen LogP contribution in [0, 0.1) is 6.92 Å². The number of esters is 1. The van der Waals surface area contributed by atoms with Crippen LogP contribution in [0.25, 0.3) is 0 Å². The largest absolute Gasteiger partial charge is 0.451 e. The molecule has 0 bridgehead atoms. The van der Waals surface area contributed by atoms with Gasteiger partial charge in [-0.3, -0.25) is 14.4 Å². The number of carbonyl (C=O) groups excluding carboxylic acids is 3. The second kappa shape index (κ2) is 9.01. The second-order valence-electron chi connectivity index (χ2n) is 5.63. The molecule has 0 aliphatic heterocycles. The number of aryl methyl sites for hydroxylation is 1. The minimum Gasteiger partial charge on any atom is -0.451 e. The van der Waals surface area contributed by atoms with Gasteiger partial charge in [0.2, 0.25) is 0 Å². The second-order valence-corrected chi connectivity index (χ2v) is 6.04. The fourth-order valence-corrected chi connectivity index (χ4v) is 2.23. The van der Waals surface area contributed by atoms with Crippen LogP contribution in [0.1, 0.15) is 22.8 Å². The average Bonchev–Trinajstić information content (AvgIpc) is 2.63. The lowest BCUT2D eigenvalue weighted by atomic mass is 10.2. The maximum Gasteiger partial charge on any atom is 0.326 e. The van der Waals surface area contributed by atoms with Gasteiger partial charge in [-0.2, -0.15) is 0 Å². The molecule has 2 N–H and O–H groups in total. The number of ether oxygens (including phenoxy) is 1. The van der Waals surface area contributed by atoms with E-state index >= 15 is 0 Å². The summed E-state index contributed by atoms with van der Waals surface area (Å²) in [5.41, 5.74) is 1.83. The van der Waals surface area contributed by atoms with Gasteiger partial charge in [0.25, 0.3) is 11.8 Å². The molecule has 0 radical (unpaired) electrons. The van der Waals surface area contributed by atoms with Crippen LogP contribution in [-0.4, -0.2) is 30.4 Å². The van der Waals surface area contributed by atoms with Gasteiger partial charge in [0.15, 0.2) is 6.10 Å². The highest BCUT2D eigenvalue weighted by Crippen LogP contribution is 2.20. The molecule has 0 aliphatic rings. The average molecular weight is 375 g/mol. The first-order valence-electron chi connectivity index (χ1n) is 7.96. The molecule has 0 spiro atoms. The summed E-state index contributed by atoms with van der Waals surface area (Å²) < 4.78 is 5.03. The van der Waals surface area contributed by atoms with E-state index in [1.807, 2.05) is 6.92 Å². The van der Waals surface area contributed by atoms with Crippen LogP contribution in [-0.2, 0) is 14.3 Å². The van der Waals surface area contributed by atoms with Gasteiger partial charge in [0.1, 0.15) is 6.54 Å². The molecule has 26 heavy (non-hydrogen) atoms. The zero-order valence-electron chi connectivity index (χ0n) is 14.4. The Labute approximate surface area is 156 Å². The molecule has 0 saturated heterocycles. The lowest BCUT2D eigenvalue weighted by molar-refractivity contribution is -0.152. The Balaban J connectivity index is 1.81. The molecule has 2 amide bonds. The van der Waals surface area contributed by atoms with Crippen LogP contribution in [0.5, 0.6) is 0 Å². The van der Waals surface area contributed by atoms with Crippen LogP contribution in [0.3, 0.4) is 0 Å². The Morgan fingerprint density at radius 1 is 1.12 bits per heavy atom. The number of hydrogen-bond acceptors (Lipinski definition) is 4. The molecule has 1 atom stereocenters. The standard InChI is InChI=1S/C19H19ClN2O4/c1-12-8-9-15(10-16(12)20)22-18(24)13(2)26-17(23)11-21-19(25)14-6-4-3-5-7-14/h3-10,13H,11H2,1-2H3,(H,21,25)(H,22,24). The predicted molar refractivity (Wildman–Crippen MR) is 99.1 cm³/mol. The minimum atomic E-state index is -1.02. The van der Waals surface area contributed by atoms with E-state index in [0.717, 1.165) is 5.56 Å². The number of anilines is 1.